The van der Waals surface area contributed by atoms with Gasteiger partial charge in [-0.1, -0.05) is 34.6 Å². The SMILES string of the molecule is CC(C)[C@H](C)[C@H](O)[C@@H]1O[C@H]2C[C@@]3(O)C4=CC(=O)[C@@H]5[C@H](c6cc(O)cc(O)c6)[C@@H](O)[C@@H](OCCCO)C[C@]5(C)[C@H]4CC[C@]3(C)[C@H]2[C@]1(O)CCO. The molecule has 5 aliphatic rings. The Morgan fingerprint density at radius 3 is 2.31 bits per heavy atom. The van der Waals surface area contributed by atoms with Crippen molar-refractivity contribution in [2.45, 2.75) is 121 Å². The molecule has 0 radical (unpaired) electrons. The van der Waals surface area contributed by atoms with E-state index in [1.807, 2.05) is 34.6 Å². The van der Waals surface area contributed by atoms with Gasteiger partial charge in [-0.05, 0) is 78.2 Å². The van der Waals surface area contributed by atoms with E-state index in [1.165, 1.54) is 24.3 Å². The molecule has 4 aliphatic carbocycles. The molecule has 11 nitrogen and oxygen atoms in total. The smallest absolute Gasteiger partial charge is 0.160 e. The summed E-state index contributed by atoms with van der Waals surface area (Å²) >= 11 is 0. The maximum absolute atomic E-state index is 14.5. The number of rotatable bonds is 10. The normalized spacial score (nSPS) is 44.2. The quantitative estimate of drug-likeness (QED) is 0.168. The molecular weight excluding hydrogens is 632 g/mol. The molecule has 4 fully saturated rings. The van der Waals surface area contributed by atoms with E-state index in [0.717, 1.165) is 0 Å². The topological polar surface area (TPSA) is 197 Å². The minimum absolute atomic E-state index is 0.0310. The Hall–Kier alpha value is -2.09. The number of allylic oxidation sites excluding steroid dienone is 1. The minimum Gasteiger partial charge on any atom is -0.508 e. The van der Waals surface area contributed by atoms with Gasteiger partial charge < -0.3 is 50.3 Å². The Balaban J connectivity index is 1.42. The highest BCUT2D eigenvalue weighted by Crippen LogP contribution is 2.72. The van der Waals surface area contributed by atoms with Crippen LogP contribution in [-0.4, -0.2) is 108 Å². The third-order valence-corrected chi connectivity index (χ3v) is 13.9. The van der Waals surface area contributed by atoms with Gasteiger partial charge in [0.05, 0.1) is 30.0 Å². The molecule has 6 rings (SSSR count). The minimum atomic E-state index is -1.62. The Bertz CT molecular complexity index is 1430. The number of phenols is 2. The van der Waals surface area contributed by atoms with Crippen molar-refractivity contribution in [2.75, 3.05) is 19.8 Å². The summed E-state index contributed by atoms with van der Waals surface area (Å²) in [4.78, 5) is 14.5. The summed E-state index contributed by atoms with van der Waals surface area (Å²) in [6.45, 7) is 9.61. The molecule has 49 heavy (non-hydrogen) atoms. The number of hydrogen-bond acceptors (Lipinski definition) is 11. The number of aliphatic hydroxyl groups is 6. The van der Waals surface area contributed by atoms with E-state index < -0.39 is 70.3 Å². The Morgan fingerprint density at radius 1 is 1.02 bits per heavy atom. The van der Waals surface area contributed by atoms with Crippen molar-refractivity contribution in [3.8, 4) is 11.5 Å². The fraction of sp³-hybridized carbons (Fsp3) is 0.763. The molecule has 8 N–H and O–H groups in total. The molecule has 14 atom stereocenters. The number of carbonyl (C=O) groups is 1. The molecule has 0 amide bonds. The van der Waals surface area contributed by atoms with E-state index in [9.17, 15) is 45.6 Å². The molecule has 0 spiro atoms. The Morgan fingerprint density at radius 2 is 1.69 bits per heavy atom. The second kappa shape index (κ2) is 12.8. The Labute approximate surface area is 288 Å². The largest absolute Gasteiger partial charge is 0.508 e. The number of carbonyl (C=O) groups excluding carboxylic acids is 1. The van der Waals surface area contributed by atoms with Crippen LogP contribution in [0.15, 0.2) is 29.8 Å². The number of hydrogen-bond donors (Lipinski definition) is 8. The molecule has 1 aliphatic heterocycles. The number of aliphatic hydroxyl groups excluding tert-OH is 4. The molecular formula is C38H56O11. The summed E-state index contributed by atoms with van der Waals surface area (Å²) in [6, 6.07) is 4.09. The number of fused-ring (bicyclic) bond motifs is 7. The fourth-order valence-electron chi connectivity index (χ4n) is 11.2. The van der Waals surface area contributed by atoms with Crippen molar-refractivity contribution in [1.29, 1.82) is 0 Å². The number of aromatic hydroxyl groups is 2. The van der Waals surface area contributed by atoms with Crippen LogP contribution < -0.4 is 0 Å². The van der Waals surface area contributed by atoms with Crippen LogP contribution in [0.4, 0.5) is 0 Å². The molecule has 3 saturated carbocycles. The van der Waals surface area contributed by atoms with Gasteiger partial charge in [0.15, 0.2) is 5.78 Å². The van der Waals surface area contributed by atoms with Crippen LogP contribution in [0.3, 0.4) is 0 Å². The van der Waals surface area contributed by atoms with Gasteiger partial charge in [0, 0.05) is 61.9 Å². The lowest BCUT2D eigenvalue weighted by atomic mass is 9.43. The van der Waals surface area contributed by atoms with E-state index in [2.05, 4.69) is 0 Å². The van der Waals surface area contributed by atoms with Crippen molar-refractivity contribution in [1.82, 2.24) is 0 Å². The summed E-state index contributed by atoms with van der Waals surface area (Å²) in [7, 11) is 0. The van der Waals surface area contributed by atoms with Crippen LogP contribution in [0.5, 0.6) is 11.5 Å². The molecule has 1 heterocycles. The zero-order valence-electron chi connectivity index (χ0n) is 29.3. The van der Waals surface area contributed by atoms with Crippen LogP contribution in [0.1, 0.15) is 84.6 Å². The second-order valence-electron chi connectivity index (χ2n) is 16.7. The van der Waals surface area contributed by atoms with Crippen molar-refractivity contribution in [2.24, 2.45) is 40.4 Å². The highest BCUT2D eigenvalue weighted by molar-refractivity contribution is 5.96. The molecule has 0 unspecified atom stereocenters. The van der Waals surface area contributed by atoms with Crippen molar-refractivity contribution in [3.63, 3.8) is 0 Å². The van der Waals surface area contributed by atoms with Gasteiger partial charge in [-0.15, -0.1) is 0 Å². The van der Waals surface area contributed by atoms with Gasteiger partial charge in [0.25, 0.3) is 0 Å². The van der Waals surface area contributed by atoms with Gasteiger partial charge in [0.2, 0.25) is 0 Å². The summed E-state index contributed by atoms with van der Waals surface area (Å²) in [5, 5.41) is 89.0. The second-order valence-corrected chi connectivity index (χ2v) is 16.7. The van der Waals surface area contributed by atoms with Crippen molar-refractivity contribution < 1.29 is 55.1 Å². The third kappa shape index (κ3) is 5.41. The first-order valence-electron chi connectivity index (χ1n) is 18.1. The van der Waals surface area contributed by atoms with Gasteiger partial charge in [-0.2, -0.15) is 0 Å². The molecule has 1 aromatic carbocycles. The van der Waals surface area contributed by atoms with E-state index >= 15 is 0 Å². The monoisotopic (exact) mass is 688 g/mol. The molecule has 274 valence electrons. The van der Waals surface area contributed by atoms with Crippen LogP contribution in [-0.2, 0) is 14.3 Å². The third-order valence-electron chi connectivity index (χ3n) is 13.9. The fourth-order valence-corrected chi connectivity index (χ4v) is 11.2. The number of ketones is 1. The van der Waals surface area contributed by atoms with Gasteiger partial charge in [-0.25, -0.2) is 0 Å². The lowest BCUT2D eigenvalue weighted by Gasteiger charge is -2.62. The molecule has 1 aromatic rings. The number of phenolic OH excluding ortho intramolecular Hbond substituents is 2. The van der Waals surface area contributed by atoms with Crippen LogP contribution in [0.25, 0.3) is 0 Å². The van der Waals surface area contributed by atoms with Crippen molar-refractivity contribution >= 4 is 5.78 Å². The number of benzene rings is 1. The van der Waals surface area contributed by atoms with Gasteiger partial charge in [-0.3, -0.25) is 4.79 Å². The first-order valence-corrected chi connectivity index (χ1v) is 18.1. The van der Waals surface area contributed by atoms with Gasteiger partial charge >= 0.3 is 0 Å². The average molecular weight is 689 g/mol. The first-order chi connectivity index (χ1) is 23.0. The molecule has 0 bridgehead atoms. The Kier molecular flexibility index (Phi) is 9.62. The molecule has 1 saturated heterocycles. The maximum Gasteiger partial charge on any atom is 0.160 e. The standard InChI is InChI=1S/C38H56O11/c1-19(2)20(3)31(44)34-37(46,9-11-40)33-28(49-34)18-38(47)25-16-26(43)30-29(21-13-22(41)15-23(42)14-21)32(45)27(48-12-6-10-39)17-35(30,4)24(25)7-8-36(33,38)5/h13-16,19-20,24,27-34,39-42,44-47H,6-12,17-18H2,1-5H3/t20-,24-,27-,28-,29-,30+,31-,32-,33-,34-,35+,36+,37+,38+/m0/s1. The summed E-state index contributed by atoms with van der Waals surface area (Å²) < 4.78 is 12.7. The lowest BCUT2D eigenvalue weighted by Crippen LogP contribution is -2.65. The predicted molar refractivity (Wildman–Crippen MR) is 178 cm³/mol. The zero-order chi connectivity index (χ0) is 35.8. The van der Waals surface area contributed by atoms with E-state index in [1.54, 1.807) is 0 Å². The lowest BCUT2D eigenvalue weighted by molar-refractivity contribution is -0.187. The average Bonchev–Trinajstić information content (AvgIpc) is 3.44. The summed E-state index contributed by atoms with van der Waals surface area (Å²) in [5.41, 5.74) is -3.96. The van der Waals surface area contributed by atoms with Crippen LogP contribution in [0, 0.1) is 40.4 Å². The van der Waals surface area contributed by atoms with E-state index in [0.29, 0.717) is 36.8 Å². The summed E-state index contributed by atoms with van der Waals surface area (Å²) in [5.74, 6) is -3.29. The van der Waals surface area contributed by atoms with E-state index in [-0.39, 0.29) is 67.7 Å². The number of ether oxygens (including phenoxy) is 2. The van der Waals surface area contributed by atoms with Gasteiger partial charge in [0.1, 0.15) is 23.2 Å². The van der Waals surface area contributed by atoms with Crippen LogP contribution in [0.2, 0.25) is 0 Å². The van der Waals surface area contributed by atoms with Crippen molar-refractivity contribution in [3.05, 3.63) is 35.4 Å². The maximum atomic E-state index is 14.5. The molecule has 0 aromatic heterocycles. The molecule has 11 heteroatoms. The first kappa shape index (κ1) is 36.7. The predicted octanol–water partition coefficient (Wildman–Crippen LogP) is 2.55. The summed E-state index contributed by atoms with van der Waals surface area (Å²) in [6.07, 6.45) is -1.17. The van der Waals surface area contributed by atoms with Crippen LogP contribution >= 0.6 is 0 Å². The highest BCUT2D eigenvalue weighted by atomic mass is 16.5. The zero-order valence-corrected chi connectivity index (χ0v) is 29.3. The highest BCUT2D eigenvalue weighted by Gasteiger charge is 2.76. The van der Waals surface area contributed by atoms with E-state index in [4.69, 9.17) is 9.47 Å².